The third-order valence-corrected chi connectivity index (χ3v) is 4.86. The van der Waals surface area contributed by atoms with Gasteiger partial charge in [0.05, 0.1) is 6.10 Å². The second-order valence-corrected chi connectivity index (χ2v) is 6.86. The molecule has 4 nitrogen and oxygen atoms in total. The zero-order valence-electron chi connectivity index (χ0n) is 15.7. The molecular weight excluding hydrogens is 302 g/mol. The van der Waals surface area contributed by atoms with Gasteiger partial charge in [0, 0.05) is 12.3 Å². The maximum atomic E-state index is 12.8. The summed E-state index contributed by atoms with van der Waals surface area (Å²) in [5.74, 6) is 0.902. The van der Waals surface area contributed by atoms with E-state index in [9.17, 15) is 4.79 Å². The Hall–Kier alpha value is -1.55. The highest BCUT2D eigenvalue weighted by atomic mass is 16.5. The van der Waals surface area contributed by atoms with Gasteiger partial charge in [-0.1, -0.05) is 6.92 Å². The number of ether oxygens (including phenoxy) is 2. The average molecular weight is 333 g/mol. The molecule has 0 aromatic heterocycles. The van der Waals surface area contributed by atoms with E-state index in [1.54, 1.807) is 0 Å². The topological polar surface area (TPSA) is 47.6 Å². The van der Waals surface area contributed by atoms with E-state index in [-0.39, 0.29) is 12.0 Å². The second kappa shape index (κ2) is 8.02. The summed E-state index contributed by atoms with van der Waals surface area (Å²) in [5.41, 5.74) is 2.25. The molecule has 1 amide bonds. The Morgan fingerprint density at radius 1 is 1.21 bits per heavy atom. The number of benzene rings is 1. The molecule has 1 aromatic carbocycles. The largest absolute Gasteiger partial charge is 0.490 e. The van der Waals surface area contributed by atoms with Crippen molar-refractivity contribution in [3.8, 4) is 5.75 Å². The van der Waals surface area contributed by atoms with E-state index < -0.39 is 5.60 Å². The molecule has 1 atom stereocenters. The van der Waals surface area contributed by atoms with E-state index in [1.165, 1.54) is 0 Å². The van der Waals surface area contributed by atoms with Crippen LogP contribution in [-0.2, 0) is 9.53 Å². The van der Waals surface area contributed by atoms with E-state index in [0.29, 0.717) is 6.61 Å². The summed E-state index contributed by atoms with van der Waals surface area (Å²) in [5, 5.41) is 3.07. The van der Waals surface area contributed by atoms with Crippen LogP contribution in [0.3, 0.4) is 0 Å². The number of rotatable bonds is 7. The molecule has 0 aliphatic heterocycles. The van der Waals surface area contributed by atoms with E-state index >= 15 is 0 Å². The van der Waals surface area contributed by atoms with Crippen LogP contribution in [0.5, 0.6) is 5.75 Å². The fourth-order valence-corrected chi connectivity index (χ4v) is 3.40. The van der Waals surface area contributed by atoms with Crippen LogP contribution >= 0.6 is 0 Å². The molecule has 0 heterocycles. The van der Waals surface area contributed by atoms with E-state index in [0.717, 1.165) is 54.7 Å². The molecule has 1 aromatic rings. The molecule has 0 radical (unpaired) electrons. The predicted octanol–water partition coefficient (Wildman–Crippen LogP) is 4.77. The van der Waals surface area contributed by atoms with E-state index in [4.69, 9.17) is 9.47 Å². The van der Waals surface area contributed by atoms with Crippen LogP contribution in [0.1, 0.15) is 64.0 Å². The predicted molar refractivity (Wildman–Crippen MR) is 97.8 cm³/mol. The van der Waals surface area contributed by atoms with Gasteiger partial charge in [-0.3, -0.25) is 4.79 Å². The fraction of sp³-hybridized carbons (Fsp3) is 0.650. The van der Waals surface area contributed by atoms with Gasteiger partial charge in [-0.15, -0.1) is 0 Å². The van der Waals surface area contributed by atoms with Gasteiger partial charge in [0.15, 0.2) is 0 Å². The molecule has 0 saturated heterocycles. The molecule has 1 aliphatic carbocycles. The Balaban J connectivity index is 2.16. The van der Waals surface area contributed by atoms with Crippen molar-refractivity contribution in [2.24, 2.45) is 0 Å². The third-order valence-electron chi connectivity index (χ3n) is 4.86. The van der Waals surface area contributed by atoms with Crippen LogP contribution < -0.4 is 10.1 Å². The first-order valence-electron chi connectivity index (χ1n) is 9.15. The minimum atomic E-state index is -0.650. The Morgan fingerprint density at radius 3 is 2.29 bits per heavy atom. The highest BCUT2D eigenvalue weighted by molar-refractivity contribution is 5.97. The molecule has 0 unspecified atom stereocenters. The number of aryl methyl sites for hydroxylation is 2. The maximum absolute atomic E-state index is 12.8. The lowest BCUT2D eigenvalue weighted by Gasteiger charge is -2.28. The monoisotopic (exact) mass is 333 g/mol. The Bertz CT molecular complexity index is 553. The van der Waals surface area contributed by atoms with Crippen molar-refractivity contribution in [3.05, 3.63) is 23.3 Å². The molecule has 134 valence electrons. The maximum Gasteiger partial charge on any atom is 0.256 e. The van der Waals surface area contributed by atoms with Crippen LogP contribution in [0.2, 0.25) is 0 Å². The van der Waals surface area contributed by atoms with Crippen LogP contribution in [0.15, 0.2) is 12.1 Å². The summed E-state index contributed by atoms with van der Waals surface area (Å²) < 4.78 is 11.8. The number of amides is 1. The first-order chi connectivity index (χ1) is 11.4. The van der Waals surface area contributed by atoms with Gasteiger partial charge < -0.3 is 14.8 Å². The van der Waals surface area contributed by atoms with Crippen LogP contribution in [0, 0.1) is 13.8 Å². The molecule has 1 aliphatic rings. The lowest BCUT2D eigenvalue weighted by atomic mass is 10.0. The smallest absolute Gasteiger partial charge is 0.256 e. The molecule has 4 heteroatoms. The first-order valence-corrected chi connectivity index (χ1v) is 9.15. The third kappa shape index (κ3) is 4.10. The first kappa shape index (κ1) is 18.8. The number of carbonyl (C=O) groups excluding carboxylic acids is 1. The lowest BCUT2D eigenvalue weighted by molar-refractivity contribution is -0.140. The molecule has 1 N–H and O–H groups in total. The summed E-state index contributed by atoms with van der Waals surface area (Å²) in [6.07, 6.45) is 4.86. The van der Waals surface area contributed by atoms with Gasteiger partial charge in [0.2, 0.25) is 0 Å². The summed E-state index contributed by atoms with van der Waals surface area (Å²) in [6.45, 7) is 10.7. The minimum absolute atomic E-state index is 0.0174. The second-order valence-electron chi connectivity index (χ2n) is 6.86. The molecule has 0 bridgehead atoms. The fourth-order valence-electron chi connectivity index (χ4n) is 3.40. The summed E-state index contributed by atoms with van der Waals surface area (Å²) >= 11 is 0. The minimum Gasteiger partial charge on any atom is -0.490 e. The van der Waals surface area contributed by atoms with Crippen LogP contribution in [0.4, 0.5) is 5.69 Å². The molecule has 24 heavy (non-hydrogen) atoms. The molecule has 1 saturated carbocycles. The van der Waals surface area contributed by atoms with Gasteiger partial charge in [0.1, 0.15) is 11.4 Å². The van der Waals surface area contributed by atoms with Gasteiger partial charge in [0.25, 0.3) is 5.91 Å². The highest BCUT2D eigenvalue weighted by Crippen LogP contribution is 2.35. The average Bonchev–Trinajstić information content (AvgIpc) is 3.01. The van der Waals surface area contributed by atoms with Crippen molar-refractivity contribution in [2.45, 2.75) is 78.4 Å². The van der Waals surface area contributed by atoms with Crippen molar-refractivity contribution in [1.29, 1.82) is 0 Å². The molecule has 0 spiro atoms. The zero-order chi connectivity index (χ0) is 17.7. The van der Waals surface area contributed by atoms with Gasteiger partial charge in [-0.2, -0.15) is 0 Å². The summed E-state index contributed by atoms with van der Waals surface area (Å²) in [7, 11) is 0. The van der Waals surface area contributed by atoms with Crippen molar-refractivity contribution in [3.63, 3.8) is 0 Å². The normalized spacial score (nSPS) is 17.5. The summed E-state index contributed by atoms with van der Waals surface area (Å²) in [4.78, 5) is 12.8. The number of nitrogens with one attached hydrogen (secondary N) is 1. The van der Waals surface area contributed by atoms with Crippen molar-refractivity contribution >= 4 is 11.6 Å². The van der Waals surface area contributed by atoms with Gasteiger partial charge in [-0.25, -0.2) is 0 Å². The number of anilines is 1. The van der Waals surface area contributed by atoms with E-state index in [2.05, 4.69) is 19.2 Å². The van der Waals surface area contributed by atoms with Crippen molar-refractivity contribution in [1.82, 2.24) is 0 Å². The Kier molecular flexibility index (Phi) is 6.27. The standard InChI is InChI=1S/C20H31NO3/c1-6-16(5)24-18-14(3)12-17(13-15(18)4)21-19(22)20(23-7-2)10-8-9-11-20/h12-13,16H,6-11H2,1-5H3,(H,21,22)/t16-/m0/s1. The zero-order valence-corrected chi connectivity index (χ0v) is 15.7. The SMILES string of the molecule is CCOC1(C(=O)Nc2cc(C)c(O[C@@H](C)CC)c(C)c2)CCCC1. The number of carbonyl (C=O) groups is 1. The van der Waals surface area contributed by atoms with Gasteiger partial charge >= 0.3 is 0 Å². The van der Waals surface area contributed by atoms with Crippen molar-refractivity contribution < 1.29 is 14.3 Å². The molecular formula is C20H31NO3. The number of hydrogen-bond acceptors (Lipinski definition) is 3. The summed E-state index contributed by atoms with van der Waals surface area (Å²) in [6, 6.07) is 3.97. The number of hydrogen-bond donors (Lipinski definition) is 1. The van der Waals surface area contributed by atoms with Crippen molar-refractivity contribution in [2.75, 3.05) is 11.9 Å². The molecule has 2 rings (SSSR count). The highest BCUT2D eigenvalue weighted by Gasteiger charge is 2.42. The van der Waals surface area contributed by atoms with Crippen LogP contribution in [-0.4, -0.2) is 24.2 Å². The Labute approximate surface area is 145 Å². The Morgan fingerprint density at radius 2 is 1.79 bits per heavy atom. The van der Waals surface area contributed by atoms with E-state index in [1.807, 2.05) is 32.9 Å². The van der Waals surface area contributed by atoms with Gasteiger partial charge in [-0.05, 0) is 83.1 Å². The lowest BCUT2D eigenvalue weighted by Crippen LogP contribution is -2.43. The molecule has 1 fully saturated rings. The quantitative estimate of drug-likeness (QED) is 0.782. The van der Waals surface area contributed by atoms with Crippen LogP contribution in [0.25, 0.3) is 0 Å².